The van der Waals surface area contributed by atoms with Crippen LogP contribution in [0.2, 0.25) is 10.0 Å². The molecule has 190 valence electrons. The number of methoxy groups -OCH3 is 1. The summed E-state index contributed by atoms with van der Waals surface area (Å²) in [6.45, 7) is 4.40. The number of carbonyl (C=O) groups excluding carboxylic acids is 3. The number of amides is 4. The first-order valence-corrected chi connectivity index (χ1v) is 12.8. The van der Waals surface area contributed by atoms with Crippen LogP contribution >= 0.6 is 45.8 Å². The van der Waals surface area contributed by atoms with Gasteiger partial charge in [0.25, 0.3) is 11.8 Å². The van der Waals surface area contributed by atoms with E-state index in [0.29, 0.717) is 27.2 Å². The Kier molecular flexibility index (Phi) is 8.11. The molecule has 1 fully saturated rings. The number of hydrogen-bond donors (Lipinski definition) is 1. The Morgan fingerprint density at radius 3 is 2.32 bits per heavy atom. The average molecular weight is 651 g/mol. The molecule has 0 saturated carbocycles. The van der Waals surface area contributed by atoms with Crippen molar-refractivity contribution >= 4 is 75.4 Å². The van der Waals surface area contributed by atoms with Crippen molar-refractivity contribution < 1.29 is 23.9 Å². The Labute approximate surface area is 237 Å². The van der Waals surface area contributed by atoms with E-state index in [1.807, 2.05) is 13.8 Å². The topological polar surface area (TPSA) is 84.9 Å². The minimum atomic E-state index is -0.882. The molecule has 1 saturated heterocycles. The lowest BCUT2D eigenvalue weighted by Gasteiger charge is -2.26. The van der Waals surface area contributed by atoms with Gasteiger partial charge in [-0.05, 0) is 84.0 Å². The second kappa shape index (κ2) is 11.1. The predicted octanol–water partition coefficient (Wildman–Crippen LogP) is 6.47. The molecule has 1 heterocycles. The van der Waals surface area contributed by atoms with Gasteiger partial charge in [-0.15, -0.1) is 0 Å². The van der Waals surface area contributed by atoms with Gasteiger partial charge >= 0.3 is 6.03 Å². The summed E-state index contributed by atoms with van der Waals surface area (Å²) in [4.78, 5) is 39.1. The minimum absolute atomic E-state index is 0.165. The van der Waals surface area contributed by atoms with E-state index in [1.54, 1.807) is 12.1 Å². The molecule has 0 atom stereocenters. The second-order valence-corrected chi connectivity index (χ2v) is 10.4. The van der Waals surface area contributed by atoms with Gasteiger partial charge in [0.15, 0.2) is 11.5 Å². The van der Waals surface area contributed by atoms with E-state index in [2.05, 4.69) is 46.1 Å². The molecular weight excluding hydrogens is 630 g/mol. The molecule has 1 aliphatic rings. The average Bonchev–Trinajstić information content (AvgIpc) is 2.82. The number of hydrogen-bond acceptors (Lipinski definition) is 5. The van der Waals surface area contributed by atoms with Crippen molar-refractivity contribution in [3.05, 3.63) is 90.0 Å². The standard InChI is InChI=1S/C27H21Cl2IN2O5/c1-14-6-15(2)8-17(7-14)13-37-24-22(30)10-16(11-23(24)36-3)9-19-25(33)31-27(35)32(26(19)34)18-4-5-20(28)21(29)12-18/h4-12H,13H2,1-3H3,(H,31,33,35)/b19-9+. The maximum atomic E-state index is 13.2. The maximum Gasteiger partial charge on any atom is 0.335 e. The van der Waals surface area contributed by atoms with Crippen LogP contribution in [0.15, 0.2) is 54.1 Å². The number of barbiturate groups is 1. The number of nitrogens with zero attached hydrogens (tertiary/aromatic N) is 1. The number of urea groups is 1. The molecule has 0 radical (unpaired) electrons. The van der Waals surface area contributed by atoms with Crippen LogP contribution in [-0.2, 0) is 16.2 Å². The third-order valence-corrected chi connectivity index (χ3v) is 7.03. The molecule has 4 amide bonds. The SMILES string of the molecule is COc1cc(/C=C2\C(=O)NC(=O)N(c3ccc(Cl)c(Cl)c3)C2=O)cc(I)c1OCc1cc(C)cc(C)c1. The van der Waals surface area contributed by atoms with E-state index in [-0.39, 0.29) is 21.3 Å². The van der Waals surface area contributed by atoms with E-state index in [0.717, 1.165) is 21.6 Å². The first-order valence-electron chi connectivity index (χ1n) is 11.0. The van der Waals surface area contributed by atoms with Crippen LogP contribution < -0.4 is 19.7 Å². The molecule has 3 aromatic rings. The predicted molar refractivity (Wildman–Crippen MR) is 151 cm³/mol. The van der Waals surface area contributed by atoms with E-state index >= 15 is 0 Å². The van der Waals surface area contributed by atoms with E-state index in [4.69, 9.17) is 32.7 Å². The molecule has 0 spiro atoms. The highest BCUT2D eigenvalue weighted by Gasteiger charge is 2.37. The maximum absolute atomic E-state index is 13.2. The third kappa shape index (κ3) is 5.92. The first kappa shape index (κ1) is 27.0. The highest BCUT2D eigenvalue weighted by molar-refractivity contribution is 14.1. The fraction of sp³-hybridized carbons (Fsp3) is 0.148. The highest BCUT2D eigenvalue weighted by Crippen LogP contribution is 2.36. The molecule has 0 aliphatic carbocycles. The number of anilines is 1. The number of carbonyl (C=O) groups is 3. The number of halogens is 3. The van der Waals surface area contributed by atoms with Crippen molar-refractivity contribution in [2.24, 2.45) is 0 Å². The summed E-state index contributed by atoms with van der Waals surface area (Å²) in [6, 6.07) is 13.0. The molecular formula is C27H21Cl2IN2O5. The van der Waals surface area contributed by atoms with Crippen LogP contribution in [-0.4, -0.2) is 25.0 Å². The fourth-order valence-corrected chi connectivity index (χ4v) is 5.03. The largest absolute Gasteiger partial charge is 0.493 e. The zero-order valence-corrected chi connectivity index (χ0v) is 23.7. The molecule has 10 heteroatoms. The lowest BCUT2D eigenvalue weighted by molar-refractivity contribution is -0.122. The number of benzene rings is 3. The molecule has 3 aromatic carbocycles. The molecule has 37 heavy (non-hydrogen) atoms. The molecule has 4 rings (SSSR count). The van der Waals surface area contributed by atoms with Crippen LogP contribution in [0.4, 0.5) is 10.5 Å². The van der Waals surface area contributed by atoms with E-state index < -0.39 is 17.8 Å². The number of imide groups is 2. The summed E-state index contributed by atoms with van der Waals surface area (Å²) in [5.41, 5.74) is 3.78. The number of ether oxygens (including phenoxy) is 2. The van der Waals surface area contributed by atoms with Crippen LogP contribution in [0, 0.1) is 17.4 Å². The van der Waals surface area contributed by atoms with Crippen molar-refractivity contribution in [3.8, 4) is 11.5 Å². The Morgan fingerprint density at radius 2 is 1.68 bits per heavy atom. The number of aryl methyl sites for hydroxylation is 2. The molecule has 0 unspecified atom stereocenters. The summed E-state index contributed by atoms with van der Waals surface area (Å²) in [5, 5.41) is 2.62. The summed E-state index contributed by atoms with van der Waals surface area (Å²) < 4.78 is 12.3. The Hall–Kier alpha value is -3.08. The quantitative estimate of drug-likeness (QED) is 0.188. The second-order valence-electron chi connectivity index (χ2n) is 8.38. The number of nitrogens with one attached hydrogen (secondary N) is 1. The summed E-state index contributed by atoms with van der Waals surface area (Å²) in [7, 11) is 1.51. The Bertz CT molecular complexity index is 1450. The van der Waals surface area contributed by atoms with Crippen LogP contribution in [0.25, 0.3) is 6.08 Å². The van der Waals surface area contributed by atoms with Crippen molar-refractivity contribution in [1.29, 1.82) is 0 Å². The van der Waals surface area contributed by atoms with Gasteiger partial charge < -0.3 is 9.47 Å². The number of rotatable bonds is 6. The molecule has 0 bridgehead atoms. The van der Waals surface area contributed by atoms with Gasteiger partial charge in [-0.25, -0.2) is 9.69 Å². The molecule has 7 nitrogen and oxygen atoms in total. The van der Waals surface area contributed by atoms with Gasteiger partial charge in [0.05, 0.1) is 26.4 Å². The molecule has 1 N–H and O–H groups in total. The van der Waals surface area contributed by atoms with Crippen LogP contribution in [0.3, 0.4) is 0 Å². The van der Waals surface area contributed by atoms with E-state index in [9.17, 15) is 14.4 Å². The van der Waals surface area contributed by atoms with Crippen LogP contribution in [0.5, 0.6) is 11.5 Å². The Morgan fingerprint density at radius 1 is 0.973 bits per heavy atom. The summed E-state index contributed by atoms with van der Waals surface area (Å²) >= 11 is 14.1. The molecule has 1 aliphatic heterocycles. The van der Waals surface area contributed by atoms with Crippen molar-refractivity contribution in [2.75, 3.05) is 12.0 Å². The van der Waals surface area contributed by atoms with E-state index in [1.165, 1.54) is 31.4 Å². The first-order chi connectivity index (χ1) is 17.6. The van der Waals surface area contributed by atoms with Gasteiger partial charge in [0.1, 0.15) is 12.2 Å². The fourth-order valence-electron chi connectivity index (χ4n) is 3.95. The lowest BCUT2D eigenvalue weighted by atomic mass is 10.1. The smallest absolute Gasteiger partial charge is 0.335 e. The molecule has 0 aromatic heterocycles. The van der Waals surface area contributed by atoms with Gasteiger partial charge in [-0.3, -0.25) is 14.9 Å². The summed E-state index contributed by atoms with van der Waals surface area (Å²) in [5.74, 6) is -0.632. The lowest BCUT2D eigenvalue weighted by Crippen LogP contribution is -2.54. The monoisotopic (exact) mass is 650 g/mol. The van der Waals surface area contributed by atoms with Crippen molar-refractivity contribution in [2.45, 2.75) is 20.5 Å². The normalized spacial score (nSPS) is 14.7. The van der Waals surface area contributed by atoms with Gasteiger partial charge in [-0.1, -0.05) is 52.5 Å². The van der Waals surface area contributed by atoms with Gasteiger partial charge in [0.2, 0.25) is 0 Å². The Balaban J connectivity index is 1.65. The summed E-state index contributed by atoms with van der Waals surface area (Å²) in [6.07, 6.45) is 1.40. The minimum Gasteiger partial charge on any atom is -0.493 e. The van der Waals surface area contributed by atoms with Crippen LogP contribution in [0.1, 0.15) is 22.3 Å². The van der Waals surface area contributed by atoms with Gasteiger partial charge in [-0.2, -0.15) is 0 Å². The van der Waals surface area contributed by atoms with Crippen molar-refractivity contribution in [3.63, 3.8) is 0 Å². The highest BCUT2D eigenvalue weighted by atomic mass is 127. The zero-order chi connectivity index (χ0) is 26.9. The van der Waals surface area contributed by atoms with Crippen molar-refractivity contribution in [1.82, 2.24) is 5.32 Å². The third-order valence-electron chi connectivity index (χ3n) is 5.49. The van der Waals surface area contributed by atoms with Gasteiger partial charge in [0, 0.05) is 0 Å². The zero-order valence-electron chi connectivity index (χ0n) is 20.0.